The third-order valence-corrected chi connectivity index (χ3v) is 6.60. The maximum atomic E-state index is 12.8. The normalized spacial score (nSPS) is 23.0. The Bertz CT molecular complexity index is 1260. The van der Waals surface area contributed by atoms with Crippen molar-refractivity contribution in [3.05, 3.63) is 76.6 Å². The van der Waals surface area contributed by atoms with Gasteiger partial charge in [0, 0.05) is 37.6 Å². The first-order chi connectivity index (χ1) is 16.4. The van der Waals surface area contributed by atoms with Gasteiger partial charge < -0.3 is 10.0 Å². The van der Waals surface area contributed by atoms with Gasteiger partial charge in [0.15, 0.2) is 5.78 Å². The van der Waals surface area contributed by atoms with Gasteiger partial charge >= 0.3 is 0 Å². The lowest BCUT2D eigenvalue weighted by molar-refractivity contribution is -0.137. The van der Waals surface area contributed by atoms with Gasteiger partial charge in [-0.1, -0.05) is 30.3 Å². The van der Waals surface area contributed by atoms with Crippen LogP contribution in [0.1, 0.15) is 53.1 Å². The van der Waals surface area contributed by atoms with E-state index in [2.05, 4.69) is 10.3 Å². The first kappa shape index (κ1) is 21.8. The van der Waals surface area contributed by atoms with Gasteiger partial charge in [0.25, 0.3) is 5.91 Å². The summed E-state index contributed by atoms with van der Waals surface area (Å²) in [7, 11) is 0. The highest BCUT2D eigenvalue weighted by Crippen LogP contribution is 2.34. The van der Waals surface area contributed by atoms with Crippen LogP contribution in [0.2, 0.25) is 0 Å². The number of rotatable bonds is 4. The second-order valence-corrected chi connectivity index (χ2v) is 8.80. The van der Waals surface area contributed by atoms with Crippen molar-refractivity contribution < 1.29 is 24.3 Å². The minimum atomic E-state index is -0.677. The quantitative estimate of drug-likeness (QED) is 0.541. The molecular formula is C26H23N3O5. The fourth-order valence-corrected chi connectivity index (χ4v) is 4.80. The molecule has 0 aromatic heterocycles. The summed E-state index contributed by atoms with van der Waals surface area (Å²) >= 11 is 0. The van der Waals surface area contributed by atoms with Gasteiger partial charge in [-0.2, -0.15) is 0 Å². The van der Waals surface area contributed by atoms with E-state index in [1.807, 2.05) is 30.3 Å². The highest BCUT2D eigenvalue weighted by molar-refractivity contribution is 6.15. The molecule has 8 heteroatoms. The maximum Gasteiger partial charge on any atom is 0.255 e. The predicted octanol–water partition coefficient (Wildman–Crippen LogP) is 3.11. The van der Waals surface area contributed by atoms with Crippen molar-refractivity contribution in [1.29, 1.82) is 0 Å². The van der Waals surface area contributed by atoms with E-state index in [1.165, 1.54) is 11.1 Å². The van der Waals surface area contributed by atoms with E-state index < -0.39 is 11.9 Å². The van der Waals surface area contributed by atoms with Crippen LogP contribution >= 0.6 is 0 Å². The van der Waals surface area contributed by atoms with Crippen LogP contribution in [0, 0.1) is 0 Å². The number of imide groups is 1. The number of Topliss-reactive ketones (excluding diaryl/α,β-unsaturated/α-hetero) is 1. The van der Waals surface area contributed by atoms with Crippen molar-refractivity contribution in [3.8, 4) is 0 Å². The van der Waals surface area contributed by atoms with E-state index in [1.54, 1.807) is 18.2 Å². The summed E-state index contributed by atoms with van der Waals surface area (Å²) in [6.07, 6.45) is 2.56. The number of aliphatic hydroxyl groups excluding tert-OH is 1. The fourth-order valence-electron chi connectivity index (χ4n) is 4.80. The Morgan fingerprint density at radius 3 is 2.56 bits per heavy atom. The number of hydrogen-bond donors (Lipinski definition) is 2. The second-order valence-electron chi connectivity index (χ2n) is 8.80. The molecule has 3 aliphatic rings. The minimum Gasteiger partial charge on any atom is -0.511 e. The summed E-state index contributed by atoms with van der Waals surface area (Å²) in [5.41, 5.74) is 2.97. The number of amides is 3. The van der Waals surface area contributed by atoms with Gasteiger partial charge in [0.1, 0.15) is 11.8 Å². The first-order valence-corrected chi connectivity index (χ1v) is 11.2. The molecule has 2 aliphatic heterocycles. The second kappa shape index (κ2) is 8.70. The molecule has 34 heavy (non-hydrogen) atoms. The molecule has 2 atom stereocenters. The van der Waals surface area contributed by atoms with E-state index in [-0.39, 0.29) is 47.8 Å². The molecule has 0 saturated carbocycles. The SMILES string of the molecule is O=C1CCC(N2Cc3cc(N=CC4=C(O)CC(c5ccccc5)CC4=O)ccc3C2=O)C(=O)N1. The van der Waals surface area contributed by atoms with Crippen molar-refractivity contribution in [2.45, 2.75) is 44.2 Å². The lowest BCUT2D eigenvalue weighted by Gasteiger charge is -2.29. The molecule has 2 N–H and O–H groups in total. The number of carbonyl (C=O) groups is 4. The largest absolute Gasteiger partial charge is 0.511 e. The highest BCUT2D eigenvalue weighted by Gasteiger charge is 2.39. The number of benzene rings is 2. The Hall–Kier alpha value is -4.07. The zero-order valence-corrected chi connectivity index (χ0v) is 18.4. The molecule has 2 heterocycles. The third kappa shape index (κ3) is 4.03. The zero-order valence-electron chi connectivity index (χ0n) is 18.4. The number of ketones is 1. The topological polar surface area (TPSA) is 116 Å². The molecule has 3 amide bonds. The number of hydrogen-bond acceptors (Lipinski definition) is 6. The van der Waals surface area contributed by atoms with E-state index in [4.69, 9.17) is 0 Å². The van der Waals surface area contributed by atoms with E-state index >= 15 is 0 Å². The van der Waals surface area contributed by atoms with Crippen molar-refractivity contribution in [1.82, 2.24) is 10.2 Å². The van der Waals surface area contributed by atoms with Crippen molar-refractivity contribution >= 4 is 35.4 Å². The molecule has 0 spiro atoms. The van der Waals surface area contributed by atoms with Gasteiger partial charge in [-0.25, -0.2) is 0 Å². The van der Waals surface area contributed by atoms with Crippen LogP contribution in [0.3, 0.4) is 0 Å². The lowest BCUT2D eigenvalue weighted by atomic mass is 9.83. The Balaban J connectivity index is 1.32. The standard InChI is InChI=1S/C26H23N3O5/c30-22-11-16(15-4-2-1-3-5-15)12-23(31)20(22)13-27-18-6-7-19-17(10-18)14-29(26(19)34)21-8-9-24(32)28-25(21)33/h1-7,10,13,16,21,30H,8-9,11-12,14H2,(H,28,32,33). The molecule has 0 bridgehead atoms. The molecule has 2 unspecified atom stereocenters. The number of nitrogens with zero attached hydrogens (tertiary/aromatic N) is 2. The van der Waals surface area contributed by atoms with Crippen LogP contribution in [0.25, 0.3) is 0 Å². The smallest absolute Gasteiger partial charge is 0.255 e. The molecule has 1 aliphatic carbocycles. The predicted molar refractivity (Wildman–Crippen MR) is 124 cm³/mol. The lowest BCUT2D eigenvalue weighted by Crippen LogP contribution is -2.52. The first-order valence-electron chi connectivity index (χ1n) is 11.2. The zero-order chi connectivity index (χ0) is 23.8. The number of piperidine rings is 1. The molecule has 1 saturated heterocycles. The number of nitrogens with one attached hydrogen (secondary N) is 1. The van der Waals surface area contributed by atoms with E-state index in [9.17, 15) is 24.3 Å². The van der Waals surface area contributed by atoms with Gasteiger partial charge in [0.05, 0.1) is 11.3 Å². The van der Waals surface area contributed by atoms with Gasteiger partial charge in [-0.05, 0) is 41.7 Å². The summed E-state index contributed by atoms with van der Waals surface area (Å²) in [5, 5.41) is 12.8. The summed E-state index contributed by atoms with van der Waals surface area (Å²) in [6.45, 7) is 0.245. The van der Waals surface area contributed by atoms with Crippen LogP contribution in [0.4, 0.5) is 5.69 Å². The molecule has 2 aromatic rings. The summed E-state index contributed by atoms with van der Waals surface area (Å²) in [5.74, 6) is -1.24. The van der Waals surface area contributed by atoms with Gasteiger partial charge in [0.2, 0.25) is 11.8 Å². The number of aliphatic imine (C=N–C) groups is 1. The summed E-state index contributed by atoms with van der Waals surface area (Å²) < 4.78 is 0. The molecule has 0 radical (unpaired) electrons. The molecule has 172 valence electrons. The number of allylic oxidation sites excluding steroid dienone is 2. The van der Waals surface area contributed by atoms with Gasteiger partial charge in [-0.3, -0.25) is 29.5 Å². The minimum absolute atomic E-state index is 0.0224. The Morgan fingerprint density at radius 2 is 1.82 bits per heavy atom. The van der Waals surface area contributed by atoms with Crippen molar-refractivity contribution in [3.63, 3.8) is 0 Å². The molecule has 1 fully saturated rings. The summed E-state index contributed by atoms with van der Waals surface area (Å²) in [6, 6.07) is 14.0. The average molecular weight is 457 g/mol. The Kier molecular flexibility index (Phi) is 5.57. The summed E-state index contributed by atoms with van der Waals surface area (Å²) in [4.78, 5) is 55.0. The van der Waals surface area contributed by atoms with E-state index in [0.717, 1.165) is 11.1 Å². The Labute approximate surface area is 196 Å². The van der Waals surface area contributed by atoms with Crippen LogP contribution in [0.15, 0.2) is 64.9 Å². The molecular weight excluding hydrogens is 434 g/mol. The van der Waals surface area contributed by atoms with Crippen LogP contribution in [-0.2, 0) is 20.9 Å². The van der Waals surface area contributed by atoms with Gasteiger partial charge in [-0.15, -0.1) is 0 Å². The fraction of sp³-hybridized carbons (Fsp3) is 0.269. The third-order valence-electron chi connectivity index (χ3n) is 6.60. The van der Waals surface area contributed by atoms with Crippen LogP contribution in [0.5, 0.6) is 0 Å². The Morgan fingerprint density at radius 1 is 1.03 bits per heavy atom. The van der Waals surface area contributed by atoms with Crippen molar-refractivity contribution in [2.24, 2.45) is 4.99 Å². The van der Waals surface area contributed by atoms with Crippen LogP contribution in [-0.4, -0.2) is 45.8 Å². The number of fused-ring (bicyclic) bond motifs is 1. The highest BCUT2D eigenvalue weighted by atomic mass is 16.3. The van der Waals surface area contributed by atoms with Crippen LogP contribution < -0.4 is 5.32 Å². The maximum absolute atomic E-state index is 12.8. The number of carbonyl (C=O) groups excluding carboxylic acids is 4. The van der Waals surface area contributed by atoms with Crippen molar-refractivity contribution in [2.75, 3.05) is 0 Å². The van der Waals surface area contributed by atoms with E-state index in [0.29, 0.717) is 30.5 Å². The average Bonchev–Trinajstić information content (AvgIpc) is 3.14. The monoisotopic (exact) mass is 457 g/mol. The number of aliphatic hydroxyl groups is 1. The molecule has 8 nitrogen and oxygen atoms in total. The molecule has 2 aromatic carbocycles. The molecule has 5 rings (SSSR count).